The summed E-state index contributed by atoms with van der Waals surface area (Å²) in [6, 6.07) is 15.7. The number of H-pyrrole nitrogens is 1. The fourth-order valence-electron chi connectivity index (χ4n) is 4.66. The van der Waals surface area contributed by atoms with Gasteiger partial charge in [-0.25, -0.2) is 12.8 Å². The molecular weight excluding hydrogens is 481 g/mol. The van der Waals surface area contributed by atoms with Gasteiger partial charge in [-0.2, -0.15) is 4.31 Å². The van der Waals surface area contributed by atoms with Crippen molar-refractivity contribution >= 4 is 37.7 Å². The minimum Gasteiger partial charge on any atom is -0.354 e. The SMILES string of the molecule is CC(C)(NC(=O)c1cc2[nH]c3ccccc3c(=O)c2cc1F)c1ccc(S(=O)(=O)N2CCCC2)cc1. The molecule has 4 aromatic rings. The highest BCUT2D eigenvalue weighted by Crippen LogP contribution is 2.26. The third-order valence-electron chi connectivity index (χ3n) is 6.74. The number of halogens is 1. The third-order valence-corrected chi connectivity index (χ3v) is 8.66. The van der Waals surface area contributed by atoms with Gasteiger partial charge in [-0.05, 0) is 68.7 Å². The Kier molecular flexibility index (Phi) is 5.92. The second kappa shape index (κ2) is 8.83. The van der Waals surface area contributed by atoms with Crippen LogP contribution < -0.4 is 10.7 Å². The number of para-hydroxylation sites is 1. The molecule has 0 bridgehead atoms. The van der Waals surface area contributed by atoms with Gasteiger partial charge in [-0.3, -0.25) is 9.59 Å². The van der Waals surface area contributed by atoms with Crippen molar-refractivity contribution in [2.75, 3.05) is 13.1 Å². The molecule has 0 saturated carbocycles. The second-order valence-electron chi connectivity index (χ2n) is 9.59. The quantitative estimate of drug-likeness (QED) is 0.394. The van der Waals surface area contributed by atoms with E-state index in [4.69, 9.17) is 0 Å². The molecule has 5 rings (SSSR count). The fourth-order valence-corrected chi connectivity index (χ4v) is 6.18. The van der Waals surface area contributed by atoms with Gasteiger partial charge in [0.1, 0.15) is 5.82 Å². The minimum absolute atomic E-state index is 0.164. The number of sulfonamides is 1. The van der Waals surface area contributed by atoms with E-state index in [1.54, 1.807) is 50.2 Å². The van der Waals surface area contributed by atoms with E-state index in [0.29, 0.717) is 35.1 Å². The van der Waals surface area contributed by atoms with Crippen molar-refractivity contribution in [3.8, 4) is 0 Å². The van der Waals surface area contributed by atoms with E-state index >= 15 is 0 Å². The van der Waals surface area contributed by atoms with E-state index in [0.717, 1.165) is 18.9 Å². The van der Waals surface area contributed by atoms with Gasteiger partial charge in [-0.15, -0.1) is 0 Å². The summed E-state index contributed by atoms with van der Waals surface area (Å²) in [7, 11) is -3.55. The Morgan fingerprint density at radius 3 is 2.33 bits per heavy atom. The number of aromatic amines is 1. The van der Waals surface area contributed by atoms with Gasteiger partial charge in [0.15, 0.2) is 5.43 Å². The second-order valence-corrected chi connectivity index (χ2v) is 11.5. The number of carbonyl (C=O) groups excluding carboxylic acids is 1. The molecule has 1 aromatic heterocycles. The highest BCUT2D eigenvalue weighted by molar-refractivity contribution is 7.89. The van der Waals surface area contributed by atoms with E-state index in [-0.39, 0.29) is 21.3 Å². The number of rotatable bonds is 5. The first-order valence-corrected chi connectivity index (χ1v) is 13.2. The minimum atomic E-state index is -3.55. The van der Waals surface area contributed by atoms with Crippen molar-refractivity contribution in [3.05, 3.63) is 87.8 Å². The lowest BCUT2D eigenvalue weighted by molar-refractivity contribution is 0.0908. The standard InChI is InChI=1S/C27H26FN3O4S/c1-27(2,17-9-11-18(12-10-17)36(34,35)31-13-5-6-14-31)30-26(33)20-16-24-21(15-22(20)28)25(32)19-7-3-4-8-23(19)29-24/h3-4,7-12,15-16H,5-6,13-14H2,1-2H3,(H,29,32)(H,30,33). The van der Waals surface area contributed by atoms with Gasteiger partial charge < -0.3 is 10.3 Å². The zero-order chi connectivity index (χ0) is 25.7. The summed E-state index contributed by atoms with van der Waals surface area (Å²) in [4.78, 5) is 29.2. The summed E-state index contributed by atoms with van der Waals surface area (Å²) in [5, 5.41) is 3.43. The molecule has 2 N–H and O–H groups in total. The molecular formula is C27H26FN3O4S. The maximum absolute atomic E-state index is 15.0. The Morgan fingerprint density at radius 2 is 1.64 bits per heavy atom. The van der Waals surface area contributed by atoms with Crippen LogP contribution in [0.4, 0.5) is 4.39 Å². The molecule has 0 spiro atoms. The summed E-state index contributed by atoms with van der Waals surface area (Å²) < 4.78 is 42.0. The lowest BCUT2D eigenvalue weighted by atomic mass is 9.93. The van der Waals surface area contributed by atoms with Gasteiger partial charge >= 0.3 is 0 Å². The molecule has 0 aliphatic carbocycles. The molecule has 1 saturated heterocycles. The summed E-state index contributed by atoms with van der Waals surface area (Å²) >= 11 is 0. The van der Waals surface area contributed by atoms with Crippen molar-refractivity contribution in [3.63, 3.8) is 0 Å². The van der Waals surface area contributed by atoms with Crippen LogP contribution in [0.3, 0.4) is 0 Å². The number of amides is 1. The predicted octanol–water partition coefficient (Wildman–Crippen LogP) is 4.27. The third kappa shape index (κ3) is 4.18. The van der Waals surface area contributed by atoms with Crippen LogP contribution in [-0.2, 0) is 15.6 Å². The molecule has 1 aliphatic heterocycles. The maximum atomic E-state index is 15.0. The van der Waals surface area contributed by atoms with E-state index in [9.17, 15) is 22.4 Å². The first-order chi connectivity index (χ1) is 17.1. The molecule has 2 heterocycles. The van der Waals surface area contributed by atoms with Crippen molar-refractivity contribution in [2.24, 2.45) is 0 Å². The largest absolute Gasteiger partial charge is 0.354 e. The number of aromatic nitrogens is 1. The zero-order valence-electron chi connectivity index (χ0n) is 20.0. The maximum Gasteiger partial charge on any atom is 0.255 e. The van der Waals surface area contributed by atoms with Crippen LogP contribution in [0.5, 0.6) is 0 Å². The summed E-state index contributed by atoms with van der Waals surface area (Å²) in [5.41, 5.74) is 0.184. The van der Waals surface area contributed by atoms with E-state index < -0.39 is 27.3 Å². The zero-order valence-corrected chi connectivity index (χ0v) is 20.8. The average molecular weight is 508 g/mol. The van der Waals surface area contributed by atoms with Crippen LogP contribution in [-0.4, -0.2) is 36.7 Å². The first kappa shape index (κ1) is 24.1. The van der Waals surface area contributed by atoms with Gasteiger partial charge in [0.2, 0.25) is 10.0 Å². The van der Waals surface area contributed by atoms with Crippen LogP contribution in [0.15, 0.2) is 70.4 Å². The molecule has 186 valence electrons. The number of hydrogen-bond donors (Lipinski definition) is 2. The van der Waals surface area contributed by atoms with E-state index in [2.05, 4.69) is 10.3 Å². The predicted molar refractivity (Wildman–Crippen MR) is 137 cm³/mol. The number of pyridine rings is 1. The lowest BCUT2D eigenvalue weighted by Crippen LogP contribution is -2.41. The first-order valence-electron chi connectivity index (χ1n) is 11.8. The van der Waals surface area contributed by atoms with Gasteiger partial charge in [-0.1, -0.05) is 24.3 Å². The van der Waals surface area contributed by atoms with Gasteiger partial charge in [0, 0.05) is 29.4 Å². The van der Waals surface area contributed by atoms with E-state index in [1.807, 2.05) is 0 Å². The molecule has 9 heteroatoms. The van der Waals surface area contributed by atoms with Crippen molar-refractivity contribution < 1.29 is 17.6 Å². The molecule has 0 radical (unpaired) electrons. The number of fused-ring (bicyclic) bond motifs is 2. The van der Waals surface area contributed by atoms with Crippen LogP contribution >= 0.6 is 0 Å². The van der Waals surface area contributed by atoms with Crippen molar-refractivity contribution in [1.82, 2.24) is 14.6 Å². The number of hydrogen-bond acceptors (Lipinski definition) is 4. The Morgan fingerprint density at radius 1 is 0.972 bits per heavy atom. The Hall–Kier alpha value is -3.56. The Bertz CT molecular complexity index is 1650. The molecule has 0 atom stereocenters. The van der Waals surface area contributed by atoms with Crippen LogP contribution in [0.2, 0.25) is 0 Å². The van der Waals surface area contributed by atoms with Gasteiger partial charge in [0.25, 0.3) is 5.91 Å². The highest BCUT2D eigenvalue weighted by Gasteiger charge is 2.29. The molecule has 7 nitrogen and oxygen atoms in total. The van der Waals surface area contributed by atoms with Gasteiger partial charge in [0.05, 0.1) is 21.5 Å². The number of nitrogens with one attached hydrogen (secondary N) is 2. The topological polar surface area (TPSA) is 99.3 Å². The van der Waals surface area contributed by atoms with E-state index in [1.165, 1.54) is 22.5 Å². The van der Waals surface area contributed by atoms with Crippen LogP contribution in [0, 0.1) is 5.82 Å². The van der Waals surface area contributed by atoms with Crippen molar-refractivity contribution in [2.45, 2.75) is 37.1 Å². The Labute approximate surface area is 208 Å². The highest BCUT2D eigenvalue weighted by atomic mass is 32.2. The molecule has 36 heavy (non-hydrogen) atoms. The van der Waals surface area contributed by atoms with Crippen molar-refractivity contribution in [1.29, 1.82) is 0 Å². The number of nitrogens with zero attached hydrogens (tertiary/aromatic N) is 1. The molecule has 1 aliphatic rings. The summed E-state index contributed by atoms with van der Waals surface area (Å²) in [5.74, 6) is -1.45. The monoisotopic (exact) mass is 507 g/mol. The molecule has 0 unspecified atom stereocenters. The Balaban J connectivity index is 1.43. The van der Waals surface area contributed by atoms with Crippen LogP contribution in [0.25, 0.3) is 21.8 Å². The average Bonchev–Trinajstić information content (AvgIpc) is 3.40. The normalized spacial score (nSPS) is 15.0. The molecule has 1 fully saturated rings. The lowest BCUT2D eigenvalue weighted by Gasteiger charge is -2.27. The smallest absolute Gasteiger partial charge is 0.255 e. The summed E-state index contributed by atoms with van der Waals surface area (Å²) in [6.45, 7) is 4.54. The van der Waals surface area contributed by atoms with Crippen LogP contribution in [0.1, 0.15) is 42.6 Å². The summed E-state index contributed by atoms with van der Waals surface area (Å²) in [6.07, 6.45) is 1.71. The molecule has 1 amide bonds. The fraction of sp³-hybridized carbons (Fsp3) is 0.259. The number of benzene rings is 3. The number of carbonyl (C=O) groups is 1. The molecule has 3 aromatic carbocycles.